The first-order chi connectivity index (χ1) is 15.0. The number of rotatable bonds is 6. The number of amides is 1. The highest BCUT2D eigenvalue weighted by atomic mass is 32.1. The van der Waals surface area contributed by atoms with Crippen molar-refractivity contribution in [3.63, 3.8) is 0 Å². The molecule has 1 fully saturated rings. The van der Waals surface area contributed by atoms with Crippen LogP contribution in [0.5, 0.6) is 5.75 Å². The molecule has 1 aliphatic rings. The third kappa shape index (κ3) is 3.82. The maximum Gasteiger partial charge on any atom is 0.301 e. The molecule has 3 aromatic rings. The molecule has 1 aliphatic heterocycles. The van der Waals surface area contributed by atoms with Crippen LogP contribution in [0, 0.1) is 0 Å². The molecule has 1 aromatic heterocycles. The molecule has 1 atom stereocenters. The Balaban J connectivity index is 1.88. The van der Waals surface area contributed by atoms with Gasteiger partial charge in [-0.15, -0.1) is 10.2 Å². The van der Waals surface area contributed by atoms with E-state index in [1.54, 1.807) is 48.5 Å². The predicted molar refractivity (Wildman–Crippen MR) is 118 cm³/mol. The van der Waals surface area contributed by atoms with E-state index in [4.69, 9.17) is 4.74 Å². The lowest BCUT2D eigenvalue weighted by molar-refractivity contribution is -0.132. The average molecular weight is 436 g/mol. The Hall–Kier alpha value is -3.52. The SMILES string of the molecule is CCOc1ccc(C2/C(=C(\O)c3ccccc3)C(=O)C(=O)N2c2nnc(CC)s2)cc1. The highest BCUT2D eigenvalue weighted by Crippen LogP contribution is 2.43. The Labute approximate surface area is 183 Å². The van der Waals surface area contributed by atoms with Gasteiger partial charge in [0, 0.05) is 5.56 Å². The zero-order valence-corrected chi connectivity index (χ0v) is 17.9. The van der Waals surface area contributed by atoms with Crippen molar-refractivity contribution in [2.75, 3.05) is 11.5 Å². The summed E-state index contributed by atoms with van der Waals surface area (Å²) in [5, 5.41) is 20.3. The minimum Gasteiger partial charge on any atom is -0.507 e. The number of aryl methyl sites for hydroxylation is 1. The fourth-order valence-corrected chi connectivity index (χ4v) is 4.30. The minimum absolute atomic E-state index is 0.0219. The Morgan fingerprint density at radius 3 is 2.39 bits per heavy atom. The molecule has 2 aromatic carbocycles. The van der Waals surface area contributed by atoms with Crippen molar-refractivity contribution in [3.8, 4) is 5.75 Å². The van der Waals surface area contributed by atoms with Gasteiger partial charge in [-0.2, -0.15) is 0 Å². The third-order valence-corrected chi connectivity index (χ3v) is 6.03. The van der Waals surface area contributed by atoms with Crippen molar-refractivity contribution in [1.29, 1.82) is 0 Å². The van der Waals surface area contributed by atoms with Crippen LogP contribution in [0.15, 0.2) is 60.2 Å². The number of ether oxygens (including phenoxy) is 1. The molecule has 8 heteroatoms. The Kier molecular flexibility index (Phi) is 5.81. The predicted octanol–water partition coefficient (Wildman–Crippen LogP) is 4.13. The van der Waals surface area contributed by atoms with E-state index in [0.717, 1.165) is 5.01 Å². The lowest BCUT2D eigenvalue weighted by atomic mass is 9.95. The topological polar surface area (TPSA) is 92.6 Å². The number of anilines is 1. The van der Waals surface area contributed by atoms with Gasteiger partial charge in [0.15, 0.2) is 0 Å². The van der Waals surface area contributed by atoms with Gasteiger partial charge in [0.05, 0.1) is 18.2 Å². The monoisotopic (exact) mass is 435 g/mol. The zero-order valence-electron chi connectivity index (χ0n) is 17.1. The molecule has 0 bridgehead atoms. The molecule has 31 heavy (non-hydrogen) atoms. The van der Waals surface area contributed by atoms with Crippen LogP contribution in [0.4, 0.5) is 5.13 Å². The van der Waals surface area contributed by atoms with E-state index in [0.29, 0.717) is 35.0 Å². The molecule has 1 unspecified atom stereocenters. The molecule has 4 rings (SSSR count). The molecule has 0 saturated carbocycles. The summed E-state index contributed by atoms with van der Waals surface area (Å²) in [6.07, 6.45) is 0.666. The summed E-state index contributed by atoms with van der Waals surface area (Å²) < 4.78 is 5.51. The minimum atomic E-state index is -0.825. The lowest BCUT2D eigenvalue weighted by Crippen LogP contribution is -2.29. The molecule has 0 spiro atoms. The number of ketones is 1. The van der Waals surface area contributed by atoms with Crippen LogP contribution < -0.4 is 9.64 Å². The van der Waals surface area contributed by atoms with Crippen molar-refractivity contribution in [1.82, 2.24) is 10.2 Å². The van der Waals surface area contributed by atoms with Crippen LogP contribution in [0.2, 0.25) is 0 Å². The molecule has 0 aliphatic carbocycles. The van der Waals surface area contributed by atoms with Gasteiger partial charge >= 0.3 is 5.91 Å². The van der Waals surface area contributed by atoms with Crippen molar-refractivity contribution >= 4 is 33.9 Å². The van der Waals surface area contributed by atoms with Gasteiger partial charge in [-0.25, -0.2) is 0 Å². The largest absolute Gasteiger partial charge is 0.507 e. The molecule has 2 heterocycles. The van der Waals surface area contributed by atoms with Crippen molar-refractivity contribution < 1.29 is 19.4 Å². The second-order valence-electron chi connectivity index (χ2n) is 6.87. The highest BCUT2D eigenvalue weighted by molar-refractivity contribution is 7.15. The number of carbonyl (C=O) groups excluding carboxylic acids is 2. The van der Waals surface area contributed by atoms with Crippen LogP contribution in [-0.4, -0.2) is 33.6 Å². The molecule has 158 valence electrons. The van der Waals surface area contributed by atoms with Gasteiger partial charge in [0.25, 0.3) is 5.78 Å². The average Bonchev–Trinajstić information content (AvgIpc) is 3.37. The van der Waals surface area contributed by atoms with Crippen molar-refractivity contribution in [2.24, 2.45) is 0 Å². The highest BCUT2D eigenvalue weighted by Gasteiger charge is 2.48. The van der Waals surface area contributed by atoms with Gasteiger partial charge in [-0.05, 0) is 31.0 Å². The summed E-state index contributed by atoms with van der Waals surface area (Å²) in [6.45, 7) is 4.36. The lowest BCUT2D eigenvalue weighted by Gasteiger charge is -2.22. The van der Waals surface area contributed by atoms with Crippen molar-refractivity contribution in [2.45, 2.75) is 26.3 Å². The van der Waals surface area contributed by atoms with E-state index in [9.17, 15) is 14.7 Å². The number of hydrogen-bond acceptors (Lipinski definition) is 7. The molecule has 7 nitrogen and oxygen atoms in total. The van der Waals surface area contributed by atoms with Crippen LogP contribution in [0.3, 0.4) is 0 Å². The number of Topliss-reactive ketones (excluding diaryl/α,β-unsaturated/α-hetero) is 1. The summed E-state index contributed by atoms with van der Waals surface area (Å²) in [5.74, 6) is -1.04. The molecule has 1 N–H and O–H groups in total. The normalized spacial score (nSPS) is 17.9. The van der Waals surface area contributed by atoms with Crippen LogP contribution >= 0.6 is 11.3 Å². The summed E-state index contributed by atoms with van der Waals surface area (Å²) >= 11 is 1.26. The van der Waals surface area contributed by atoms with Gasteiger partial charge in [-0.1, -0.05) is 60.7 Å². The first-order valence-electron chi connectivity index (χ1n) is 9.96. The maximum absolute atomic E-state index is 13.1. The van der Waals surface area contributed by atoms with Crippen LogP contribution in [0.25, 0.3) is 5.76 Å². The quantitative estimate of drug-likeness (QED) is 0.356. The van der Waals surface area contributed by atoms with Gasteiger partial charge in [0.1, 0.15) is 16.5 Å². The fraction of sp³-hybridized carbons (Fsp3) is 0.217. The maximum atomic E-state index is 13.1. The standard InChI is InChI=1S/C23H21N3O4S/c1-3-17-24-25-23(31-17)26-19(14-10-12-16(13-11-14)30-4-2)18(21(28)22(26)29)20(27)15-8-6-5-7-9-15/h5-13,19,27H,3-4H2,1-2H3/b20-18+. The van der Waals surface area contributed by atoms with Gasteiger partial charge in [0.2, 0.25) is 5.13 Å². The van der Waals surface area contributed by atoms with Gasteiger partial charge < -0.3 is 9.84 Å². The zero-order chi connectivity index (χ0) is 22.0. The molecule has 1 amide bonds. The van der Waals surface area contributed by atoms with Gasteiger partial charge in [-0.3, -0.25) is 14.5 Å². The first kappa shape index (κ1) is 20.7. The number of carbonyl (C=O) groups is 2. The van der Waals surface area contributed by atoms with E-state index in [1.807, 2.05) is 19.9 Å². The molecule has 0 radical (unpaired) electrons. The molecular weight excluding hydrogens is 414 g/mol. The number of nitrogens with zero attached hydrogens (tertiary/aromatic N) is 3. The van der Waals surface area contributed by atoms with E-state index in [-0.39, 0.29) is 11.3 Å². The van der Waals surface area contributed by atoms with Crippen LogP contribution in [0.1, 0.15) is 36.0 Å². The Bertz CT molecular complexity index is 1140. The molecular formula is C23H21N3O4S. The fourth-order valence-electron chi connectivity index (χ4n) is 3.49. The number of aliphatic hydroxyl groups is 1. The second-order valence-corrected chi connectivity index (χ2v) is 7.91. The number of benzene rings is 2. The summed E-state index contributed by atoms with van der Waals surface area (Å²) in [5.41, 5.74) is 1.14. The van der Waals surface area contributed by atoms with Crippen LogP contribution in [-0.2, 0) is 16.0 Å². The number of aliphatic hydroxyl groups excluding tert-OH is 1. The number of hydrogen-bond donors (Lipinski definition) is 1. The van der Waals surface area contributed by atoms with E-state index in [2.05, 4.69) is 10.2 Å². The smallest absolute Gasteiger partial charge is 0.301 e. The third-order valence-electron chi connectivity index (χ3n) is 4.96. The summed E-state index contributed by atoms with van der Waals surface area (Å²) in [4.78, 5) is 27.4. The van der Waals surface area contributed by atoms with E-state index in [1.165, 1.54) is 16.2 Å². The number of aromatic nitrogens is 2. The summed E-state index contributed by atoms with van der Waals surface area (Å²) in [7, 11) is 0. The summed E-state index contributed by atoms with van der Waals surface area (Å²) in [6, 6.07) is 15.0. The van der Waals surface area contributed by atoms with E-state index < -0.39 is 17.7 Å². The van der Waals surface area contributed by atoms with E-state index >= 15 is 0 Å². The van der Waals surface area contributed by atoms with Crippen molar-refractivity contribution in [3.05, 3.63) is 76.3 Å². The Morgan fingerprint density at radius 2 is 1.77 bits per heavy atom. The second kappa shape index (κ2) is 8.69. The first-order valence-corrected chi connectivity index (χ1v) is 10.8. The Morgan fingerprint density at radius 1 is 1.06 bits per heavy atom. The molecule has 1 saturated heterocycles.